The average molecular weight is 303 g/mol. The van der Waals surface area contributed by atoms with Gasteiger partial charge in [0.1, 0.15) is 5.75 Å². The molecule has 21 heavy (non-hydrogen) atoms. The van der Waals surface area contributed by atoms with Gasteiger partial charge in [-0.05, 0) is 37.6 Å². The van der Waals surface area contributed by atoms with E-state index in [1.165, 1.54) is 12.1 Å². The number of aliphatic hydroxyl groups excluding tert-OH is 1. The Morgan fingerprint density at radius 1 is 1.38 bits per heavy atom. The lowest BCUT2D eigenvalue weighted by Gasteiger charge is -2.18. The number of carbonyl (C=O) groups is 1. The number of aliphatic hydroxyl groups is 1. The van der Waals surface area contributed by atoms with Crippen LogP contribution < -0.4 is 4.74 Å². The van der Waals surface area contributed by atoms with Gasteiger partial charge in [0.2, 0.25) is 0 Å². The second-order valence-electron chi connectivity index (χ2n) is 5.11. The van der Waals surface area contributed by atoms with Crippen molar-refractivity contribution in [2.24, 2.45) is 5.92 Å². The Morgan fingerprint density at radius 3 is 2.48 bits per heavy atom. The van der Waals surface area contributed by atoms with Crippen LogP contribution in [-0.4, -0.2) is 41.5 Å². The number of hydrogen-bond donors (Lipinski definition) is 1. The summed E-state index contributed by atoms with van der Waals surface area (Å²) in [7, 11) is 0. The van der Waals surface area contributed by atoms with Crippen molar-refractivity contribution in [2.75, 3.05) is 13.1 Å². The number of hydrogen-bond acceptors (Lipinski definition) is 3. The first-order valence-electron chi connectivity index (χ1n) is 6.59. The molecule has 1 heterocycles. The minimum atomic E-state index is -4.75. The molecular formula is C14H16F3NO3. The molecule has 1 saturated heterocycles. The molecule has 2 atom stereocenters. The number of ether oxygens (including phenoxy) is 1. The van der Waals surface area contributed by atoms with Crippen LogP contribution in [0.3, 0.4) is 0 Å². The fraction of sp³-hybridized carbons (Fsp3) is 0.500. The van der Waals surface area contributed by atoms with Gasteiger partial charge in [-0.2, -0.15) is 0 Å². The molecule has 0 aliphatic carbocycles. The molecule has 1 N–H and O–H groups in total. The van der Waals surface area contributed by atoms with Gasteiger partial charge in [0.25, 0.3) is 5.91 Å². The summed E-state index contributed by atoms with van der Waals surface area (Å²) in [6.07, 6.45) is -4.51. The summed E-state index contributed by atoms with van der Waals surface area (Å²) >= 11 is 0. The van der Waals surface area contributed by atoms with Crippen LogP contribution in [0.25, 0.3) is 0 Å². The van der Waals surface area contributed by atoms with Gasteiger partial charge >= 0.3 is 6.36 Å². The first-order valence-corrected chi connectivity index (χ1v) is 6.59. The number of carbonyl (C=O) groups excluding carboxylic acids is 1. The van der Waals surface area contributed by atoms with Crippen LogP contribution in [-0.2, 0) is 0 Å². The molecule has 0 bridgehead atoms. The molecule has 116 valence electrons. The van der Waals surface area contributed by atoms with Gasteiger partial charge in [0.15, 0.2) is 0 Å². The van der Waals surface area contributed by atoms with Gasteiger partial charge in [0.05, 0.1) is 6.10 Å². The van der Waals surface area contributed by atoms with E-state index in [2.05, 4.69) is 4.74 Å². The molecule has 1 amide bonds. The summed E-state index contributed by atoms with van der Waals surface area (Å²) < 4.78 is 39.9. The Labute approximate surface area is 120 Å². The summed E-state index contributed by atoms with van der Waals surface area (Å²) in [4.78, 5) is 13.8. The fourth-order valence-electron chi connectivity index (χ4n) is 2.35. The van der Waals surface area contributed by atoms with E-state index in [0.29, 0.717) is 18.7 Å². The van der Waals surface area contributed by atoms with E-state index in [0.717, 1.165) is 18.6 Å². The van der Waals surface area contributed by atoms with E-state index in [1.807, 2.05) is 0 Å². The summed E-state index contributed by atoms with van der Waals surface area (Å²) in [6, 6.07) is 4.84. The van der Waals surface area contributed by atoms with Crippen molar-refractivity contribution in [3.8, 4) is 5.75 Å². The van der Waals surface area contributed by atoms with Gasteiger partial charge in [-0.25, -0.2) is 0 Å². The minimum absolute atomic E-state index is 0.0433. The summed E-state index contributed by atoms with van der Waals surface area (Å²) in [6.45, 7) is 2.68. The Hall–Kier alpha value is -1.76. The van der Waals surface area contributed by atoms with Crippen LogP contribution in [0.4, 0.5) is 13.2 Å². The molecule has 0 spiro atoms. The highest BCUT2D eigenvalue weighted by molar-refractivity contribution is 5.94. The second kappa shape index (κ2) is 5.93. The van der Waals surface area contributed by atoms with Crippen LogP contribution in [0.15, 0.2) is 24.3 Å². The van der Waals surface area contributed by atoms with Crippen molar-refractivity contribution in [3.63, 3.8) is 0 Å². The van der Waals surface area contributed by atoms with E-state index in [4.69, 9.17) is 0 Å². The van der Waals surface area contributed by atoms with Crippen LogP contribution >= 0.6 is 0 Å². The summed E-state index contributed by atoms with van der Waals surface area (Å²) in [5, 5.41) is 9.51. The largest absolute Gasteiger partial charge is 0.573 e. The molecule has 1 aromatic carbocycles. The number of benzene rings is 1. The number of rotatable bonds is 3. The standard InChI is InChI=1S/C14H16F3NO3/c1-9(19)11-6-7-18(8-11)13(20)10-2-4-12(5-3-10)21-14(15,16)17/h2-5,9,11,19H,6-8H2,1H3. The van der Waals surface area contributed by atoms with Gasteiger partial charge in [-0.3, -0.25) is 4.79 Å². The third-order valence-corrected chi connectivity index (χ3v) is 3.53. The molecule has 1 aromatic rings. The number of likely N-dealkylation sites (tertiary alicyclic amines) is 1. The SMILES string of the molecule is CC(O)C1CCN(C(=O)c2ccc(OC(F)(F)F)cc2)C1. The predicted octanol–water partition coefficient (Wildman–Crippen LogP) is 2.43. The molecular weight excluding hydrogens is 287 g/mol. The molecule has 2 rings (SSSR count). The highest BCUT2D eigenvalue weighted by Gasteiger charge is 2.32. The van der Waals surface area contributed by atoms with Crippen molar-refractivity contribution >= 4 is 5.91 Å². The molecule has 0 saturated carbocycles. The van der Waals surface area contributed by atoms with Crippen molar-refractivity contribution in [1.82, 2.24) is 4.90 Å². The average Bonchev–Trinajstić information content (AvgIpc) is 2.86. The zero-order chi connectivity index (χ0) is 15.6. The van der Waals surface area contributed by atoms with E-state index in [-0.39, 0.29) is 17.6 Å². The van der Waals surface area contributed by atoms with Crippen LogP contribution in [0, 0.1) is 5.92 Å². The zero-order valence-corrected chi connectivity index (χ0v) is 11.4. The van der Waals surface area contributed by atoms with E-state index >= 15 is 0 Å². The maximum Gasteiger partial charge on any atom is 0.573 e. The van der Waals surface area contributed by atoms with Crippen LogP contribution in [0.2, 0.25) is 0 Å². The number of nitrogens with zero attached hydrogens (tertiary/aromatic N) is 1. The number of alkyl halides is 3. The molecule has 1 aliphatic rings. The summed E-state index contributed by atoms with van der Waals surface area (Å²) in [5.74, 6) is -0.569. The Balaban J connectivity index is 2.01. The van der Waals surface area contributed by atoms with Gasteiger partial charge in [-0.1, -0.05) is 0 Å². The zero-order valence-electron chi connectivity index (χ0n) is 11.4. The van der Waals surface area contributed by atoms with Gasteiger partial charge < -0.3 is 14.7 Å². The monoisotopic (exact) mass is 303 g/mol. The van der Waals surface area contributed by atoms with Crippen LogP contribution in [0.1, 0.15) is 23.7 Å². The molecule has 1 fully saturated rings. The first kappa shape index (κ1) is 15.6. The molecule has 0 aromatic heterocycles. The predicted molar refractivity (Wildman–Crippen MR) is 68.8 cm³/mol. The first-order chi connectivity index (χ1) is 9.76. The maximum atomic E-state index is 12.2. The van der Waals surface area contributed by atoms with E-state index in [9.17, 15) is 23.1 Å². The minimum Gasteiger partial charge on any atom is -0.406 e. The molecule has 1 aliphatic heterocycles. The normalized spacial score (nSPS) is 20.4. The van der Waals surface area contributed by atoms with Gasteiger partial charge in [0, 0.05) is 24.6 Å². The highest BCUT2D eigenvalue weighted by Crippen LogP contribution is 2.25. The fourth-order valence-corrected chi connectivity index (χ4v) is 2.35. The Bertz CT molecular complexity index is 499. The summed E-state index contributed by atoms with van der Waals surface area (Å²) in [5.41, 5.74) is 0.302. The lowest BCUT2D eigenvalue weighted by molar-refractivity contribution is -0.274. The van der Waals surface area contributed by atoms with Crippen molar-refractivity contribution in [2.45, 2.75) is 25.8 Å². The maximum absolute atomic E-state index is 12.2. The smallest absolute Gasteiger partial charge is 0.406 e. The third-order valence-electron chi connectivity index (χ3n) is 3.53. The lowest BCUT2D eigenvalue weighted by Crippen LogP contribution is -2.30. The lowest BCUT2D eigenvalue weighted by atomic mass is 10.0. The van der Waals surface area contributed by atoms with Crippen molar-refractivity contribution in [1.29, 1.82) is 0 Å². The van der Waals surface area contributed by atoms with Crippen LogP contribution in [0.5, 0.6) is 5.75 Å². The third kappa shape index (κ3) is 4.10. The Kier molecular flexibility index (Phi) is 4.41. The molecule has 4 nitrogen and oxygen atoms in total. The quantitative estimate of drug-likeness (QED) is 0.933. The molecule has 2 unspecified atom stereocenters. The molecule has 7 heteroatoms. The second-order valence-corrected chi connectivity index (χ2v) is 5.11. The van der Waals surface area contributed by atoms with Crippen molar-refractivity contribution < 1.29 is 27.8 Å². The van der Waals surface area contributed by atoms with E-state index in [1.54, 1.807) is 11.8 Å². The number of halogens is 3. The van der Waals surface area contributed by atoms with Crippen molar-refractivity contribution in [3.05, 3.63) is 29.8 Å². The highest BCUT2D eigenvalue weighted by atomic mass is 19.4. The molecule has 0 radical (unpaired) electrons. The topological polar surface area (TPSA) is 49.8 Å². The van der Waals surface area contributed by atoms with E-state index < -0.39 is 12.5 Å². The van der Waals surface area contributed by atoms with Gasteiger partial charge in [-0.15, -0.1) is 13.2 Å². The number of amides is 1. The Morgan fingerprint density at radius 2 is 2.00 bits per heavy atom.